The van der Waals surface area contributed by atoms with Gasteiger partial charge in [0.15, 0.2) is 6.61 Å². The highest BCUT2D eigenvalue weighted by Gasteiger charge is 2.28. The molecular formula is C5H4F3NO2. The van der Waals surface area contributed by atoms with Crippen molar-refractivity contribution in [2.24, 2.45) is 0 Å². The molecular weight excluding hydrogens is 163 g/mol. The number of halogens is 3. The van der Waals surface area contributed by atoms with Crippen LogP contribution < -0.4 is 5.48 Å². The van der Waals surface area contributed by atoms with Gasteiger partial charge in [0.1, 0.15) is 0 Å². The average Bonchev–Trinajstić information content (AvgIpc) is 1.85. The Morgan fingerprint density at radius 2 is 2.18 bits per heavy atom. The SMILES string of the molecule is C#CC(=O)NOCC(F)(F)F. The molecule has 0 aromatic rings. The van der Waals surface area contributed by atoms with E-state index in [1.165, 1.54) is 11.4 Å². The minimum absolute atomic E-state index is 1.05. The smallest absolute Gasteiger partial charge is 0.263 e. The number of carbonyl (C=O) groups excluding carboxylic acids is 1. The molecule has 0 unspecified atom stereocenters. The molecule has 0 spiro atoms. The van der Waals surface area contributed by atoms with Crippen LogP contribution in [-0.2, 0) is 9.63 Å². The van der Waals surface area contributed by atoms with Crippen LogP contribution in [0.5, 0.6) is 0 Å². The third kappa shape index (κ3) is 6.67. The summed E-state index contributed by atoms with van der Waals surface area (Å²) in [7, 11) is 0. The lowest BCUT2D eigenvalue weighted by molar-refractivity contribution is -0.190. The molecule has 0 aromatic carbocycles. The fourth-order valence-corrected chi connectivity index (χ4v) is 0.213. The number of carbonyl (C=O) groups is 1. The van der Waals surface area contributed by atoms with Gasteiger partial charge in [-0.05, 0) is 5.92 Å². The molecule has 0 aliphatic carbocycles. The van der Waals surface area contributed by atoms with E-state index >= 15 is 0 Å². The van der Waals surface area contributed by atoms with Gasteiger partial charge >= 0.3 is 12.1 Å². The second-order valence-corrected chi connectivity index (χ2v) is 1.48. The summed E-state index contributed by atoms with van der Waals surface area (Å²) in [6.45, 7) is -1.56. The maximum Gasteiger partial charge on any atom is 0.414 e. The van der Waals surface area contributed by atoms with E-state index < -0.39 is 18.7 Å². The number of nitrogens with one attached hydrogen (secondary N) is 1. The lowest BCUT2D eigenvalue weighted by Crippen LogP contribution is -2.28. The van der Waals surface area contributed by atoms with Gasteiger partial charge < -0.3 is 0 Å². The first-order valence-corrected chi connectivity index (χ1v) is 2.41. The molecule has 0 aromatic heterocycles. The Balaban J connectivity index is 3.45. The second-order valence-electron chi connectivity index (χ2n) is 1.48. The summed E-state index contributed by atoms with van der Waals surface area (Å²) < 4.78 is 33.8. The predicted molar refractivity (Wildman–Crippen MR) is 29.0 cm³/mol. The monoisotopic (exact) mass is 167 g/mol. The molecule has 62 valence electrons. The molecule has 0 aliphatic rings. The van der Waals surface area contributed by atoms with Gasteiger partial charge in [-0.3, -0.25) is 9.63 Å². The van der Waals surface area contributed by atoms with E-state index in [1.54, 1.807) is 0 Å². The Kier molecular flexibility index (Phi) is 3.40. The highest BCUT2D eigenvalue weighted by Crippen LogP contribution is 2.13. The topological polar surface area (TPSA) is 38.3 Å². The summed E-state index contributed by atoms with van der Waals surface area (Å²) in [4.78, 5) is 13.7. The fourth-order valence-electron chi connectivity index (χ4n) is 0.213. The van der Waals surface area contributed by atoms with Crippen LogP contribution in [0.15, 0.2) is 0 Å². The quantitative estimate of drug-likeness (QED) is 0.472. The Morgan fingerprint density at radius 3 is 2.55 bits per heavy atom. The molecule has 0 saturated carbocycles. The first-order valence-electron chi connectivity index (χ1n) is 2.41. The van der Waals surface area contributed by atoms with Crippen molar-refractivity contribution in [2.45, 2.75) is 6.18 Å². The third-order valence-corrected chi connectivity index (χ3v) is 0.532. The maximum absolute atomic E-state index is 11.3. The average molecular weight is 167 g/mol. The van der Waals surface area contributed by atoms with Crippen molar-refractivity contribution in [1.82, 2.24) is 5.48 Å². The number of amides is 1. The largest absolute Gasteiger partial charge is 0.414 e. The normalized spacial score (nSPS) is 10.4. The molecule has 0 aliphatic heterocycles. The van der Waals surface area contributed by atoms with Crippen molar-refractivity contribution >= 4 is 5.91 Å². The van der Waals surface area contributed by atoms with Gasteiger partial charge in [-0.2, -0.15) is 13.2 Å². The molecule has 0 radical (unpaired) electrons. The standard InChI is InChI=1S/C5H4F3NO2/c1-2-4(10)9-11-3-5(6,7)8/h1H,3H2,(H,9,10). The minimum Gasteiger partial charge on any atom is -0.263 e. The molecule has 0 fully saturated rings. The van der Waals surface area contributed by atoms with Gasteiger partial charge in [0, 0.05) is 0 Å². The van der Waals surface area contributed by atoms with Crippen LogP contribution >= 0.6 is 0 Å². The Bertz CT molecular complexity index is 181. The van der Waals surface area contributed by atoms with Crippen LogP contribution in [0, 0.1) is 12.3 Å². The lowest BCUT2D eigenvalue weighted by atomic mass is 10.7. The van der Waals surface area contributed by atoms with Crippen molar-refractivity contribution in [3.8, 4) is 12.3 Å². The number of hydrogen-bond donors (Lipinski definition) is 1. The van der Waals surface area contributed by atoms with Gasteiger partial charge in [0.25, 0.3) is 0 Å². The fraction of sp³-hybridized carbons (Fsp3) is 0.400. The summed E-state index contributed by atoms with van der Waals surface area (Å²) >= 11 is 0. The molecule has 0 atom stereocenters. The number of rotatable bonds is 2. The van der Waals surface area contributed by atoms with E-state index in [9.17, 15) is 18.0 Å². The zero-order valence-electron chi connectivity index (χ0n) is 5.23. The summed E-state index contributed by atoms with van der Waals surface area (Å²) in [5.41, 5.74) is 1.39. The van der Waals surface area contributed by atoms with Crippen molar-refractivity contribution in [3.05, 3.63) is 0 Å². The molecule has 6 heteroatoms. The molecule has 0 saturated heterocycles. The van der Waals surface area contributed by atoms with E-state index in [1.807, 2.05) is 0 Å². The van der Waals surface area contributed by atoms with Crippen molar-refractivity contribution in [2.75, 3.05) is 6.61 Å². The number of terminal acetylenes is 1. The maximum atomic E-state index is 11.3. The first kappa shape index (κ1) is 9.78. The molecule has 1 N–H and O–H groups in total. The zero-order valence-corrected chi connectivity index (χ0v) is 5.23. The summed E-state index contributed by atoms with van der Waals surface area (Å²) in [5, 5.41) is 0. The highest BCUT2D eigenvalue weighted by atomic mass is 19.4. The molecule has 11 heavy (non-hydrogen) atoms. The van der Waals surface area contributed by atoms with Crippen LogP contribution in [0.25, 0.3) is 0 Å². The zero-order chi connectivity index (χ0) is 8.91. The number of hydrogen-bond acceptors (Lipinski definition) is 2. The van der Waals surface area contributed by atoms with Gasteiger partial charge in [-0.25, -0.2) is 5.48 Å². The summed E-state index contributed by atoms with van der Waals surface area (Å²) in [6, 6.07) is 0. The second kappa shape index (κ2) is 3.83. The van der Waals surface area contributed by atoms with Gasteiger partial charge in [0.05, 0.1) is 0 Å². The molecule has 0 rings (SSSR count). The van der Waals surface area contributed by atoms with Crippen LogP contribution in [0.4, 0.5) is 13.2 Å². The third-order valence-electron chi connectivity index (χ3n) is 0.532. The number of alkyl halides is 3. The van der Waals surface area contributed by atoms with E-state index in [0.717, 1.165) is 0 Å². The number of hydroxylamine groups is 1. The van der Waals surface area contributed by atoms with Crippen molar-refractivity contribution in [1.29, 1.82) is 0 Å². The Hall–Kier alpha value is -1.22. The van der Waals surface area contributed by atoms with E-state index in [-0.39, 0.29) is 0 Å². The van der Waals surface area contributed by atoms with Gasteiger partial charge in [-0.15, -0.1) is 6.42 Å². The van der Waals surface area contributed by atoms with Crippen LogP contribution in [0.3, 0.4) is 0 Å². The molecule has 1 amide bonds. The van der Waals surface area contributed by atoms with Gasteiger partial charge in [0.2, 0.25) is 0 Å². The van der Waals surface area contributed by atoms with Crippen LogP contribution in [-0.4, -0.2) is 18.7 Å². The first-order chi connectivity index (χ1) is 4.95. The highest BCUT2D eigenvalue weighted by molar-refractivity contribution is 5.91. The Morgan fingerprint density at radius 1 is 1.64 bits per heavy atom. The molecule has 0 heterocycles. The molecule has 0 bridgehead atoms. The molecule has 3 nitrogen and oxygen atoms in total. The van der Waals surface area contributed by atoms with E-state index in [4.69, 9.17) is 0 Å². The van der Waals surface area contributed by atoms with Crippen LogP contribution in [0.1, 0.15) is 0 Å². The van der Waals surface area contributed by atoms with E-state index in [0.29, 0.717) is 0 Å². The lowest BCUT2D eigenvalue weighted by Gasteiger charge is -2.05. The predicted octanol–water partition coefficient (Wildman–Crippen LogP) is 0.230. The Labute approximate surface area is 60.5 Å². The van der Waals surface area contributed by atoms with Gasteiger partial charge in [-0.1, -0.05) is 0 Å². The summed E-state index contributed by atoms with van der Waals surface area (Å²) in [5.74, 6) is 0.462. The summed E-state index contributed by atoms with van der Waals surface area (Å²) in [6.07, 6.45) is 0.0282. The minimum atomic E-state index is -4.47. The van der Waals surface area contributed by atoms with E-state index in [2.05, 4.69) is 11.3 Å². The van der Waals surface area contributed by atoms with Crippen molar-refractivity contribution < 1.29 is 22.8 Å². The van der Waals surface area contributed by atoms with Crippen LogP contribution in [0.2, 0.25) is 0 Å². The van der Waals surface area contributed by atoms with Crippen molar-refractivity contribution in [3.63, 3.8) is 0 Å².